The number of anilines is 3. The summed E-state index contributed by atoms with van der Waals surface area (Å²) in [6.07, 6.45) is 7.20. The fourth-order valence-corrected chi connectivity index (χ4v) is 6.58. The van der Waals surface area contributed by atoms with Crippen molar-refractivity contribution in [2.45, 2.75) is 78.0 Å². The summed E-state index contributed by atoms with van der Waals surface area (Å²) in [5, 5.41) is 3.92. The van der Waals surface area contributed by atoms with Gasteiger partial charge in [0.15, 0.2) is 5.78 Å². The number of likely N-dealkylation sites (tertiary alicyclic amines) is 1. The molecule has 1 saturated carbocycles. The van der Waals surface area contributed by atoms with Gasteiger partial charge in [-0.15, -0.1) is 0 Å². The van der Waals surface area contributed by atoms with Crippen LogP contribution in [0.2, 0.25) is 0 Å². The van der Waals surface area contributed by atoms with E-state index in [9.17, 15) is 14.4 Å². The summed E-state index contributed by atoms with van der Waals surface area (Å²) in [4.78, 5) is 58.6. The lowest BCUT2D eigenvalue weighted by Crippen LogP contribution is -2.64. The number of aryl methyl sites for hydroxylation is 1. The van der Waals surface area contributed by atoms with Gasteiger partial charge < -0.3 is 19.9 Å². The van der Waals surface area contributed by atoms with E-state index in [4.69, 9.17) is 9.72 Å². The van der Waals surface area contributed by atoms with Crippen molar-refractivity contribution in [2.75, 3.05) is 49.5 Å². The van der Waals surface area contributed by atoms with Crippen LogP contribution in [-0.2, 0) is 4.74 Å². The van der Waals surface area contributed by atoms with Gasteiger partial charge in [0.05, 0.1) is 17.4 Å². The lowest BCUT2D eigenvalue weighted by molar-refractivity contribution is -0.0162. The van der Waals surface area contributed by atoms with E-state index in [-0.39, 0.29) is 29.0 Å². The van der Waals surface area contributed by atoms with Gasteiger partial charge in [0, 0.05) is 62.9 Å². The van der Waals surface area contributed by atoms with Gasteiger partial charge in [0.25, 0.3) is 5.56 Å². The molecule has 0 radical (unpaired) electrons. The van der Waals surface area contributed by atoms with Crippen molar-refractivity contribution in [1.29, 1.82) is 0 Å². The number of Topliss-reactive ketones (excluding diaryl/α,β-unsaturated/α-hetero) is 1. The number of hydrogen-bond donors (Lipinski definition) is 1. The fraction of sp³-hybridized carbons (Fsp3) is 0.562. The average Bonchev–Trinajstić information content (AvgIpc) is 3.46. The maximum Gasteiger partial charge on any atom is 0.410 e. The maximum absolute atomic E-state index is 13.5. The van der Waals surface area contributed by atoms with Crippen LogP contribution in [0.25, 0.3) is 11.0 Å². The Labute approximate surface area is 257 Å². The van der Waals surface area contributed by atoms with Gasteiger partial charge in [-0.1, -0.05) is 12.8 Å². The molecule has 2 saturated heterocycles. The zero-order valence-electron chi connectivity index (χ0n) is 26.3. The molecule has 5 heterocycles. The summed E-state index contributed by atoms with van der Waals surface area (Å²) < 4.78 is 7.20. The second-order valence-electron chi connectivity index (χ2n) is 13.2. The van der Waals surface area contributed by atoms with E-state index >= 15 is 0 Å². The van der Waals surface area contributed by atoms with Crippen LogP contribution in [0.3, 0.4) is 0 Å². The standard InChI is InChI=1S/C32H42N8O4/c1-20-25-17-34-30(36-28(25)40(22-8-6-7-9-22)29(42)27(20)21(2)41)35-26-11-10-23(16-33-26)37-12-14-38(15-13-37)24-18-39(19-24)31(43)44-32(3,4)5/h10-11,16-17,22,24H,6-9,12-15,18-19H2,1-5H3,(H,33,34,35,36). The number of ketones is 1. The quantitative estimate of drug-likeness (QED) is 0.408. The van der Waals surface area contributed by atoms with Crippen LogP contribution in [0.1, 0.15) is 75.3 Å². The normalized spacial score (nSPS) is 18.5. The van der Waals surface area contributed by atoms with Crippen LogP contribution < -0.4 is 15.8 Å². The average molecular weight is 603 g/mol. The van der Waals surface area contributed by atoms with Crippen LogP contribution in [0, 0.1) is 6.92 Å². The van der Waals surface area contributed by atoms with Crippen LogP contribution in [0.4, 0.5) is 22.2 Å². The van der Waals surface area contributed by atoms with Gasteiger partial charge in [-0.3, -0.25) is 19.1 Å². The monoisotopic (exact) mass is 602 g/mol. The van der Waals surface area contributed by atoms with Crippen LogP contribution in [-0.4, -0.2) is 92.1 Å². The molecule has 44 heavy (non-hydrogen) atoms. The first kappa shape index (κ1) is 30.0. The van der Waals surface area contributed by atoms with E-state index in [2.05, 4.69) is 25.1 Å². The van der Waals surface area contributed by atoms with Crippen molar-refractivity contribution >= 4 is 40.4 Å². The molecule has 12 nitrogen and oxygen atoms in total. The molecule has 3 fully saturated rings. The molecule has 3 aromatic rings. The van der Waals surface area contributed by atoms with Crippen molar-refractivity contribution < 1.29 is 14.3 Å². The Kier molecular flexibility index (Phi) is 8.04. The molecule has 2 aliphatic heterocycles. The highest BCUT2D eigenvalue weighted by Gasteiger charge is 2.38. The summed E-state index contributed by atoms with van der Waals surface area (Å²) in [6.45, 7) is 13.9. The second kappa shape index (κ2) is 11.8. The number of pyridine rings is 2. The topological polar surface area (TPSA) is 126 Å². The van der Waals surface area contributed by atoms with Gasteiger partial charge in [0.2, 0.25) is 5.95 Å². The molecular weight excluding hydrogens is 560 g/mol. The number of carbonyl (C=O) groups is 2. The Bertz CT molecular complexity index is 1610. The number of amides is 1. The number of hydrogen-bond acceptors (Lipinski definition) is 10. The lowest BCUT2D eigenvalue weighted by atomic mass is 10.0. The van der Waals surface area contributed by atoms with Gasteiger partial charge in [-0.25, -0.2) is 14.8 Å². The molecule has 6 rings (SSSR count). The molecule has 3 aliphatic rings. The Morgan fingerprint density at radius 2 is 1.68 bits per heavy atom. The molecular formula is C32H42N8O4. The number of aromatic nitrogens is 4. The van der Waals surface area contributed by atoms with E-state index < -0.39 is 5.60 Å². The Balaban J connectivity index is 1.10. The molecule has 1 aliphatic carbocycles. The number of rotatable bonds is 6. The Hall–Kier alpha value is -4.06. The highest BCUT2D eigenvalue weighted by Crippen LogP contribution is 2.32. The number of fused-ring (bicyclic) bond motifs is 1. The fourth-order valence-electron chi connectivity index (χ4n) is 6.58. The first-order valence-electron chi connectivity index (χ1n) is 15.6. The van der Waals surface area contributed by atoms with E-state index in [0.717, 1.165) is 57.5 Å². The van der Waals surface area contributed by atoms with E-state index in [1.54, 1.807) is 22.6 Å². The predicted molar refractivity (Wildman–Crippen MR) is 169 cm³/mol. The maximum atomic E-state index is 13.5. The molecule has 0 atom stereocenters. The number of nitrogens with one attached hydrogen (secondary N) is 1. The van der Waals surface area contributed by atoms with Gasteiger partial charge in [0.1, 0.15) is 17.1 Å². The van der Waals surface area contributed by atoms with Crippen molar-refractivity contribution in [1.82, 2.24) is 29.3 Å². The Morgan fingerprint density at radius 3 is 2.30 bits per heavy atom. The summed E-state index contributed by atoms with van der Waals surface area (Å²) in [6, 6.07) is 4.35. The Morgan fingerprint density at radius 1 is 0.977 bits per heavy atom. The number of ether oxygens (including phenoxy) is 1. The van der Waals surface area contributed by atoms with Crippen LogP contribution >= 0.6 is 0 Å². The molecule has 0 bridgehead atoms. The number of carbonyl (C=O) groups excluding carboxylic acids is 2. The van der Waals surface area contributed by atoms with E-state index in [0.29, 0.717) is 47.5 Å². The molecule has 12 heteroatoms. The third kappa shape index (κ3) is 5.99. The minimum absolute atomic E-state index is 0.0255. The first-order valence-corrected chi connectivity index (χ1v) is 15.6. The molecule has 0 unspecified atom stereocenters. The summed E-state index contributed by atoms with van der Waals surface area (Å²) in [5.74, 6) is 0.727. The van der Waals surface area contributed by atoms with Crippen molar-refractivity contribution in [3.63, 3.8) is 0 Å². The highest BCUT2D eigenvalue weighted by molar-refractivity contribution is 5.99. The van der Waals surface area contributed by atoms with Crippen molar-refractivity contribution in [3.05, 3.63) is 46.0 Å². The highest BCUT2D eigenvalue weighted by atomic mass is 16.6. The van der Waals surface area contributed by atoms with Crippen LogP contribution in [0.5, 0.6) is 0 Å². The molecule has 1 amide bonds. The number of nitrogens with zero attached hydrogens (tertiary/aromatic N) is 7. The van der Waals surface area contributed by atoms with Crippen molar-refractivity contribution in [3.8, 4) is 0 Å². The lowest BCUT2D eigenvalue weighted by Gasteiger charge is -2.48. The van der Waals surface area contributed by atoms with E-state index in [1.165, 1.54) is 6.92 Å². The smallest absolute Gasteiger partial charge is 0.410 e. The zero-order valence-corrected chi connectivity index (χ0v) is 26.3. The van der Waals surface area contributed by atoms with Gasteiger partial charge >= 0.3 is 6.09 Å². The molecule has 0 spiro atoms. The predicted octanol–water partition coefficient (Wildman–Crippen LogP) is 4.30. The molecule has 0 aromatic carbocycles. The SMILES string of the molecule is CC(=O)c1c(C)c2cnc(Nc3ccc(N4CCN(C5CN(C(=O)OC(C)(C)C)C5)CC4)cn3)nc2n(C2CCCC2)c1=O. The molecule has 234 valence electrons. The zero-order chi connectivity index (χ0) is 31.2. The third-order valence-electron chi connectivity index (χ3n) is 8.95. The third-order valence-corrected chi connectivity index (χ3v) is 8.95. The summed E-state index contributed by atoms with van der Waals surface area (Å²) >= 11 is 0. The molecule has 1 N–H and O–H groups in total. The second-order valence-corrected chi connectivity index (χ2v) is 13.2. The van der Waals surface area contributed by atoms with E-state index in [1.807, 2.05) is 39.1 Å². The van der Waals surface area contributed by atoms with Crippen molar-refractivity contribution in [2.24, 2.45) is 0 Å². The minimum Gasteiger partial charge on any atom is -0.444 e. The minimum atomic E-state index is -0.477. The first-order chi connectivity index (χ1) is 21.0. The van der Waals surface area contributed by atoms with Gasteiger partial charge in [-0.2, -0.15) is 4.98 Å². The number of piperazine rings is 1. The largest absolute Gasteiger partial charge is 0.444 e. The summed E-state index contributed by atoms with van der Waals surface area (Å²) in [7, 11) is 0. The summed E-state index contributed by atoms with van der Waals surface area (Å²) in [5.41, 5.74) is 1.70. The van der Waals surface area contributed by atoms with Crippen LogP contribution in [0.15, 0.2) is 29.3 Å². The van der Waals surface area contributed by atoms with Gasteiger partial charge in [-0.05, 0) is 65.2 Å². The molecule has 3 aromatic heterocycles.